The van der Waals surface area contributed by atoms with Crippen LogP contribution >= 0.6 is 15.9 Å². The molecule has 3 rings (SSSR count). The summed E-state index contributed by atoms with van der Waals surface area (Å²) in [7, 11) is -2.07. The first-order valence-corrected chi connectivity index (χ1v) is 16.0. The number of rotatable bonds is 6. The molecule has 3 nitrogen and oxygen atoms in total. The molecule has 3 aliphatic rings. The summed E-state index contributed by atoms with van der Waals surface area (Å²) in [6, 6.07) is 0. The van der Waals surface area contributed by atoms with E-state index in [4.69, 9.17) is 9.16 Å². The molecule has 1 heterocycles. The third-order valence-electron chi connectivity index (χ3n) is 9.05. The predicted molar refractivity (Wildman–Crippen MR) is 134 cm³/mol. The summed E-state index contributed by atoms with van der Waals surface area (Å²) in [6.45, 7) is 17.8. The standard InChI is InChI=1S/C26H43BrO3Si/c1-18(21-13-14-22-19(17-27)10-9-15-25(21,22)5)11-12-20-16-26(6,23(28)29-20)30-31(7,8)24(2,3)4/h16-18,21-22H,9-15H2,1-8H3/b19-17+/t18-,21-,22?,25-,26+/m1/s1. The van der Waals surface area contributed by atoms with Gasteiger partial charge in [0, 0.05) is 6.42 Å². The molecule has 0 N–H and O–H groups in total. The normalized spacial score (nSPS) is 36.4. The average Bonchev–Trinajstić information content (AvgIpc) is 3.14. The van der Waals surface area contributed by atoms with Crippen molar-refractivity contribution in [2.24, 2.45) is 23.2 Å². The van der Waals surface area contributed by atoms with E-state index in [0.29, 0.717) is 11.3 Å². The molecule has 0 saturated heterocycles. The van der Waals surface area contributed by atoms with Crippen LogP contribution in [0.1, 0.15) is 86.5 Å². The van der Waals surface area contributed by atoms with Crippen LogP contribution in [-0.4, -0.2) is 19.9 Å². The molecule has 1 unspecified atom stereocenters. The zero-order chi connectivity index (χ0) is 23.2. The van der Waals surface area contributed by atoms with Gasteiger partial charge in [0.2, 0.25) is 0 Å². The van der Waals surface area contributed by atoms with Gasteiger partial charge in [0.05, 0.1) is 0 Å². The van der Waals surface area contributed by atoms with Crippen molar-refractivity contribution >= 4 is 30.2 Å². The molecule has 5 heteroatoms. The number of carbonyl (C=O) groups is 1. The van der Waals surface area contributed by atoms with Gasteiger partial charge in [-0.3, -0.25) is 0 Å². The monoisotopic (exact) mass is 510 g/mol. The van der Waals surface area contributed by atoms with Crippen LogP contribution in [0.4, 0.5) is 0 Å². The van der Waals surface area contributed by atoms with Gasteiger partial charge in [-0.1, -0.05) is 56.1 Å². The van der Waals surface area contributed by atoms with Crippen molar-refractivity contribution in [1.82, 2.24) is 0 Å². The Morgan fingerprint density at radius 1 is 1.32 bits per heavy atom. The summed E-state index contributed by atoms with van der Waals surface area (Å²) < 4.78 is 12.2. The van der Waals surface area contributed by atoms with E-state index in [1.807, 2.05) is 13.0 Å². The first-order valence-electron chi connectivity index (χ1n) is 12.2. The summed E-state index contributed by atoms with van der Waals surface area (Å²) >= 11 is 3.63. The van der Waals surface area contributed by atoms with Gasteiger partial charge >= 0.3 is 5.97 Å². The SMILES string of the molecule is C[C@H](CCC1=C[C@](C)(O[Si](C)(C)C(C)(C)C)C(=O)O1)[C@H]1CCC2/C(=C/Br)CCC[C@@]21C. The summed E-state index contributed by atoms with van der Waals surface area (Å²) in [4.78, 5) is 14.9. The number of hydrogen-bond donors (Lipinski definition) is 0. The fraction of sp³-hybridized carbons (Fsp3) is 0.808. The molecule has 0 bridgehead atoms. The second-order valence-corrected chi connectivity index (χ2v) is 17.4. The lowest BCUT2D eigenvalue weighted by Gasteiger charge is -2.44. The van der Waals surface area contributed by atoms with Crippen molar-refractivity contribution in [2.45, 2.75) is 110 Å². The van der Waals surface area contributed by atoms with E-state index in [-0.39, 0.29) is 11.0 Å². The van der Waals surface area contributed by atoms with E-state index in [1.165, 1.54) is 32.1 Å². The Kier molecular flexibility index (Phi) is 7.13. The largest absolute Gasteiger partial charge is 0.429 e. The topological polar surface area (TPSA) is 35.5 Å². The Labute approximate surface area is 199 Å². The fourth-order valence-electron chi connectivity index (χ4n) is 6.21. The highest BCUT2D eigenvalue weighted by atomic mass is 79.9. The van der Waals surface area contributed by atoms with E-state index in [1.54, 1.807) is 5.57 Å². The molecule has 0 aromatic rings. The van der Waals surface area contributed by atoms with Crippen LogP contribution in [0.25, 0.3) is 0 Å². The smallest absolute Gasteiger partial charge is 0.346 e. The van der Waals surface area contributed by atoms with Crippen LogP contribution in [0.15, 0.2) is 22.4 Å². The molecule has 0 aromatic heterocycles. The number of ether oxygens (including phenoxy) is 1. The molecule has 5 atom stereocenters. The summed E-state index contributed by atoms with van der Waals surface area (Å²) in [5.41, 5.74) is 1.09. The number of cyclic esters (lactones) is 1. The van der Waals surface area contributed by atoms with Gasteiger partial charge in [-0.05, 0) is 97.8 Å². The zero-order valence-electron chi connectivity index (χ0n) is 20.9. The molecule has 2 aliphatic carbocycles. The van der Waals surface area contributed by atoms with E-state index in [9.17, 15) is 4.79 Å². The first kappa shape index (κ1) is 25.2. The van der Waals surface area contributed by atoms with Gasteiger partial charge in [-0.25, -0.2) is 4.79 Å². The average molecular weight is 512 g/mol. The molecule has 1 aliphatic heterocycles. The number of hydrogen-bond acceptors (Lipinski definition) is 3. The second-order valence-electron chi connectivity index (χ2n) is 12.3. The van der Waals surface area contributed by atoms with Crippen molar-refractivity contribution in [3.05, 3.63) is 22.4 Å². The lowest BCUT2D eigenvalue weighted by atomic mass is 9.61. The molecule has 0 spiro atoms. The molecule has 176 valence electrons. The maximum absolute atomic E-state index is 12.7. The van der Waals surface area contributed by atoms with Gasteiger partial charge in [0.15, 0.2) is 13.9 Å². The molecular formula is C26H43BrO3Si. The van der Waals surface area contributed by atoms with E-state index in [2.05, 4.69) is 68.6 Å². The first-order chi connectivity index (χ1) is 14.2. The third kappa shape index (κ3) is 4.79. The van der Waals surface area contributed by atoms with Gasteiger partial charge in [0.1, 0.15) is 5.76 Å². The van der Waals surface area contributed by atoms with Crippen molar-refractivity contribution in [3.63, 3.8) is 0 Å². The Morgan fingerprint density at radius 2 is 2.00 bits per heavy atom. The van der Waals surface area contributed by atoms with Gasteiger partial charge in [-0.15, -0.1) is 0 Å². The molecule has 2 saturated carbocycles. The minimum atomic E-state index is -2.07. The van der Waals surface area contributed by atoms with Gasteiger partial charge in [0.25, 0.3) is 0 Å². The van der Waals surface area contributed by atoms with Gasteiger partial charge in [-0.2, -0.15) is 0 Å². The number of fused-ring (bicyclic) bond motifs is 1. The lowest BCUT2D eigenvalue weighted by molar-refractivity contribution is -0.149. The Hall–Kier alpha value is -0.393. The highest BCUT2D eigenvalue weighted by Crippen LogP contribution is 2.60. The van der Waals surface area contributed by atoms with Crippen LogP contribution in [0.3, 0.4) is 0 Å². The number of carbonyl (C=O) groups excluding carboxylic acids is 1. The predicted octanol–water partition coefficient (Wildman–Crippen LogP) is 8.12. The number of allylic oxidation sites excluding steroid dienone is 2. The second kappa shape index (κ2) is 8.75. The lowest BCUT2D eigenvalue weighted by Crippen LogP contribution is -2.50. The van der Waals surface area contributed by atoms with Crippen molar-refractivity contribution < 1.29 is 14.0 Å². The Morgan fingerprint density at radius 3 is 2.61 bits per heavy atom. The Bertz CT molecular complexity index is 765. The quantitative estimate of drug-likeness (QED) is 0.267. The Balaban J connectivity index is 1.65. The van der Waals surface area contributed by atoms with Gasteiger partial charge < -0.3 is 9.16 Å². The number of halogens is 1. The van der Waals surface area contributed by atoms with Crippen LogP contribution in [-0.2, 0) is 14.0 Å². The molecular weight excluding hydrogens is 468 g/mol. The molecule has 0 amide bonds. The summed E-state index contributed by atoms with van der Waals surface area (Å²) in [5, 5.41) is 0.0538. The van der Waals surface area contributed by atoms with Crippen molar-refractivity contribution in [3.8, 4) is 0 Å². The van der Waals surface area contributed by atoms with Crippen molar-refractivity contribution in [1.29, 1.82) is 0 Å². The van der Waals surface area contributed by atoms with Crippen LogP contribution in [0.5, 0.6) is 0 Å². The van der Waals surface area contributed by atoms with E-state index < -0.39 is 13.9 Å². The molecule has 31 heavy (non-hydrogen) atoms. The minimum absolute atomic E-state index is 0.0538. The fourth-order valence-corrected chi connectivity index (χ4v) is 8.27. The minimum Gasteiger partial charge on any atom is -0.429 e. The maximum atomic E-state index is 12.7. The van der Waals surface area contributed by atoms with Crippen LogP contribution in [0, 0.1) is 23.2 Å². The number of esters is 1. The van der Waals surface area contributed by atoms with Crippen molar-refractivity contribution in [2.75, 3.05) is 0 Å². The van der Waals surface area contributed by atoms with Crippen LogP contribution in [0.2, 0.25) is 18.1 Å². The zero-order valence-corrected chi connectivity index (χ0v) is 23.5. The summed E-state index contributed by atoms with van der Waals surface area (Å²) in [6.07, 6.45) is 10.4. The van der Waals surface area contributed by atoms with Crippen LogP contribution < -0.4 is 0 Å². The van der Waals surface area contributed by atoms with E-state index in [0.717, 1.165) is 30.4 Å². The van der Waals surface area contributed by atoms with E-state index >= 15 is 0 Å². The summed E-state index contributed by atoms with van der Waals surface area (Å²) in [5.74, 6) is 2.66. The molecule has 0 radical (unpaired) electrons. The highest BCUT2D eigenvalue weighted by molar-refractivity contribution is 9.11. The molecule has 0 aromatic carbocycles. The highest BCUT2D eigenvalue weighted by Gasteiger charge is 2.51. The third-order valence-corrected chi connectivity index (χ3v) is 14.2. The maximum Gasteiger partial charge on any atom is 0.346 e. The molecule has 2 fully saturated rings.